The number of fused-ring (bicyclic) bond motifs is 3. The first-order valence-electron chi connectivity index (χ1n) is 7.07. The first kappa shape index (κ1) is 14.5. The molecule has 0 amide bonds. The van der Waals surface area contributed by atoms with Crippen molar-refractivity contribution in [3.8, 4) is 0 Å². The van der Waals surface area contributed by atoms with Gasteiger partial charge in [-0.15, -0.1) is 11.3 Å². The molecule has 5 heteroatoms. The number of hydrazone groups is 1. The SMILES string of the molecule is CCOC(=O)/C(C)=N/Nc1ccc2c(c1)sc1ccccc12. The van der Waals surface area contributed by atoms with Crippen LogP contribution < -0.4 is 5.43 Å². The van der Waals surface area contributed by atoms with Crippen molar-refractivity contribution >= 4 is 48.9 Å². The van der Waals surface area contributed by atoms with Crippen LogP contribution in [-0.4, -0.2) is 18.3 Å². The molecule has 0 aliphatic heterocycles. The molecular formula is C17H16N2O2S. The van der Waals surface area contributed by atoms with Crippen molar-refractivity contribution in [2.24, 2.45) is 5.10 Å². The maximum Gasteiger partial charge on any atom is 0.354 e. The number of esters is 1. The molecule has 3 rings (SSSR count). The van der Waals surface area contributed by atoms with Gasteiger partial charge >= 0.3 is 5.97 Å². The number of nitrogens with zero attached hydrogens (tertiary/aromatic N) is 1. The van der Waals surface area contributed by atoms with E-state index in [0.29, 0.717) is 12.3 Å². The predicted molar refractivity (Wildman–Crippen MR) is 92.7 cm³/mol. The summed E-state index contributed by atoms with van der Waals surface area (Å²) in [5, 5.41) is 6.57. The zero-order chi connectivity index (χ0) is 15.5. The monoisotopic (exact) mass is 312 g/mol. The van der Waals surface area contributed by atoms with Crippen molar-refractivity contribution in [2.75, 3.05) is 12.0 Å². The van der Waals surface area contributed by atoms with Gasteiger partial charge < -0.3 is 4.74 Å². The number of rotatable bonds is 4. The van der Waals surface area contributed by atoms with Crippen molar-refractivity contribution in [2.45, 2.75) is 13.8 Å². The minimum atomic E-state index is -0.405. The van der Waals surface area contributed by atoms with Crippen LogP contribution >= 0.6 is 11.3 Å². The van der Waals surface area contributed by atoms with E-state index in [2.05, 4.69) is 28.7 Å². The second-order valence-electron chi connectivity index (χ2n) is 4.84. The maximum absolute atomic E-state index is 11.5. The van der Waals surface area contributed by atoms with Crippen molar-refractivity contribution in [3.05, 3.63) is 42.5 Å². The first-order chi connectivity index (χ1) is 10.7. The molecule has 0 aliphatic carbocycles. The third-order valence-electron chi connectivity index (χ3n) is 3.30. The van der Waals surface area contributed by atoms with Crippen molar-refractivity contribution < 1.29 is 9.53 Å². The first-order valence-corrected chi connectivity index (χ1v) is 7.89. The van der Waals surface area contributed by atoms with Gasteiger partial charge in [-0.3, -0.25) is 5.43 Å². The molecule has 0 radical (unpaired) electrons. The summed E-state index contributed by atoms with van der Waals surface area (Å²) in [5.41, 5.74) is 4.07. The Morgan fingerprint density at radius 1 is 1.18 bits per heavy atom. The number of nitrogens with one attached hydrogen (secondary N) is 1. The number of ether oxygens (including phenoxy) is 1. The summed E-state index contributed by atoms with van der Waals surface area (Å²) in [7, 11) is 0. The van der Waals surface area contributed by atoms with Crippen LogP contribution in [0, 0.1) is 0 Å². The lowest BCUT2D eigenvalue weighted by molar-refractivity contribution is -0.135. The minimum Gasteiger partial charge on any atom is -0.461 e. The van der Waals surface area contributed by atoms with Crippen LogP contribution in [0.5, 0.6) is 0 Å². The Bertz CT molecular complexity index is 867. The topological polar surface area (TPSA) is 50.7 Å². The van der Waals surface area contributed by atoms with Gasteiger partial charge in [0.05, 0.1) is 12.3 Å². The van der Waals surface area contributed by atoms with E-state index in [1.54, 1.807) is 25.2 Å². The van der Waals surface area contributed by atoms with Crippen LogP contribution in [0.3, 0.4) is 0 Å². The lowest BCUT2D eigenvalue weighted by Crippen LogP contribution is -2.15. The smallest absolute Gasteiger partial charge is 0.354 e. The summed E-state index contributed by atoms with van der Waals surface area (Å²) in [6, 6.07) is 14.4. The van der Waals surface area contributed by atoms with Crippen molar-refractivity contribution in [3.63, 3.8) is 0 Å². The highest BCUT2D eigenvalue weighted by Crippen LogP contribution is 2.34. The van der Waals surface area contributed by atoms with Gasteiger partial charge in [0.15, 0.2) is 0 Å². The molecule has 112 valence electrons. The largest absolute Gasteiger partial charge is 0.461 e. The number of hydrogen-bond acceptors (Lipinski definition) is 5. The maximum atomic E-state index is 11.5. The molecule has 22 heavy (non-hydrogen) atoms. The van der Waals surface area contributed by atoms with Gasteiger partial charge in [-0.2, -0.15) is 5.10 Å². The molecule has 4 nitrogen and oxygen atoms in total. The molecular weight excluding hydrogens is 296 g/mol. The van der Waals surface area contributed by atoms with E-state index in [1.165, 1.54) is 20.2 Å². The quantitative estimate of drug-likeness (QED) is 0.441. The molecule has 0 saturated carbocycles. The minimum absolute atomic E-state index is 0.304. The van der Waals surface area contributed by atoms with Crippen LogP contribution in [0.15, 0.2) is 47.6 Å². The van der Waals surface area contributed by atoms with Gasteiger partial charge in [0.2, 0.25) is 0 Å². The number of carbonyl (C=O) groups excluding carboxylic acids is 1. The lowest BCUT2D eigenvalue weighted by atomic mass is 10.1. The molecule has 0 bridgehead atoms. The van der Waals surface area contributed by atoms with Gasteiger partial charge in [0, 0.05) is 20.2 Å². The highest BCUT2D eigenvalue weighted by molar-refractivity contribution is 7.25. The van der Waals surface area contributed by atoms with Gasteiger partial charge in [-0.25, -0.2) is 4.79 Å². The van der Waals surface area contributed by atoms with Gasteiger partial charge in [-0.1, -0.05) is 24.3 Å². The van der Waals surface area contributed by atoms with Crippen molar-refractivity contribution in [1.82, 2.24) is 0 Å². The third-order valence-corrected chi connectivity index (χ3v) is 4.44. The van der Waals surface area contributed by atoms with E-state index in [4.69, 9.17) is 4.74 Å². The number of hydrogen-bond donors (Lipinski definition) is 1. The Morgan fingerprint density at radius 2 is 1.95 bits per heavy atom. The zero-order valence-electron chi connectivity index (χ0n) is 12.4. The molecule has 0 saturated heterocycles. The second-order valence-corrected chi connectivity index (χ2v) is 5.92. The second kappa shape index (κ2) is 6.15. The lowest BCUT2D eigenvalue weighted by Gasteiger charge is -2.03. The average Bonchev–Trinajstić information content (AvgIpc) is 2.90. The summed E-state index contributed by atoms with van der Waals surface area (Å²) in [6.45, 7) is 3.75. The summed E-state index contributed by atoms with van der Waals surface area (Å²) < 4.78 is 7.35. The third kappa shape index (κ3) is 2.80. The molecule has 0 atom stereocenters. The van der Waals surface area contributed by atoms with Gasteiger partial charge in [0.25, 0.3) is 0 Å². The molecule has 3 aromatic rings. The number of carbonyl (C=O) groups is 1. The molecule has 2 aromatic carbocycles. The number of benzene rings is 2. The summed E-state index contributed by atoms with van der Waals surface area (Å²) in [4.78, 5) is 11.5. The van der Waals surface area contributed by atoms with Crippen LogP contribution in [0.25, 0.3) is 20.2 Å². The van der Waals surface area contributed by atoms with E-state index < -0.39 is 5.97 Å². The molecule has 0 unspecified atom stereocenters. The molecule has 0 fully saturated rings. The summed E-state index contributed by atoms with van der Waals surface area (Å²) in [5.74, 6) is -0.405. The molecule has 1 N–H and O–H groups in total. The van der Waals surface area contributed by atoms with E-state index in [1.807, 2.05) is 24.3 Å². The van der Waals surface area contributed by atoms with E-state index >= 15 is 0 Å². The number of anilines is 1. The average molecular weight is 312 g/mol. The predicted octanol–water partition coefficient (Wildman–Crippen LogP) is 4.41. The molecule has 1 heterocycles. The van der Waals surface area contributed by atoms with Crippen molar-refractivity contribution in [1.29, 1.82) is 0 Å². The Hall–Kier alpha value is -2.40. The standard InChI is InChI=1S/C17H16N2O2S/c1-3-21-17(20)11(2)18-19-12-8-9-14-13-6-4-5-7-15(13)22-16(14)10-12/h4-10,19H,3H2,1-2H3/b18-11+. The Labute approximate surface area is 132 Å². The van der Waals surface area contributed by atoms with Crippen LogP contribution in [-0.2, 0) is 9.53 Å². The normalized spacial score (nSPS) is 11.8. The van der Waals surface area contributed by atoms with E-state index in [0.717, 1.165) is 5.69 Å². The van der Waals surface area contributed by atoms with Crippen LogP contribution in [0.4, 0.5) is 5.69 Å². The molecule has 0 spiro atoms. The fourth-order valence-electron chi connectivity index (χ4n) is 2.23. The van der Waals surface area contributed by atoms with Crippen LogP contribution in [0.2, 0.25) is 0 Å². The fourth-order valence-corrected chi connectivity index (χ4v) is 3.37. The number of thiophene rings is 1. The van der Waals surface area contributed by atoms with Gasteiger partial charge in [-0.05, 0) is 32.0 Å². The highest BCUT2D eigenvalue weighted by atomic mass is 32.1. The summed E-state index contributed by atoms with van der Waals surface area (Å²) in [6.07, 6.45) is 0. The van der Waals surface area contributed by atoms with E-state index in [-0.39, 0.29) is 0 Å². The highest BCUT2D eigenvalue weighted by Gasteiger charge is 2.07. The Morgan fingerprint density at radius 3 is 2.77 bits per heavy atom. The van der Waals surface area contributed by atoms with Crippen LogP contribution in [0.1, 0.15) is 13.8 Å². The summed E-state index contributed by atoms with van der Waals surface area (Å²) >= 11 is 1.74. The Balaban J connectivity index is 1.88. The van der Waals surface area contributed by atoms with Gasteiger partial charge in [0.1, 0.15) is 5.71 Å². The molecule has 1 aromatic heterocycles. The fraction of sp³-hybridized carbons (Fsp3) is 0.176. The Kier molecular flexibility index (Phi) is 4.06. The zero-order valence-corrected chi connectivity index (χ0v) is 13.2. The van der Waals surface area contributed by atoms with E-state index in [9.17, 15) is 4.79 Å². The molecule has 0 aliphatic rings.